The standard InChI is InChI=1S/C19H24FN5OS/c1-3-15-21-19-25(22-15)18(26)17(27-19)16(13-5-7-14(20)8-6-13)24-11-9-23(4-2)10-12-24/h5-8,16,26H,3-4,9-12H2,1-2H3/p+2/t16-/m0/s1. The second-order valence-electron chi connectivity index (χ2n) is 7.11. The molecule has 144 valence electrons. The molecule has 1 aromatic carbocycles. The molecule has 3 aromatic rings. The van der Waals surface area contributed by atoms with Crippen LogP contribution in [0.25, 0.3) is 4.96 Å². The van der Waals surface area contributed by atoms with Gasteiger partial charge in [0, 0.05) is 12.0 Å². The van der Waals surface area contributed by atoms with Gasteiger partial charge in [-0.05, 0) is 31.2 Å². The van der Waals surface area contributed by atoms with Crippen LogP contribution in [0.2, 0.25) is 0 Å². The van der Waals surface area contributed by atoms with E-state index in [1.165, 1.54) is 28.4 Å². The quantitative estimate of drug-likeness (QED) is 0.578. The number of aromatic hydroxyl groups is 1. The molecule has 0 amide bonds. The number of benzene rings is 1. The van der Waals surface area contributed by atoms with Gasteiger partial charge in [-0.3, -0.25) is 0 Å². The Balaban J connectivity index is 1.74. The third-order valence-corrected chi connectivity index (χ3v) is 6.62. The van der Waals surface area contributed by atoms with Crippen molar-refractivity contribution in [1.29, 1.82) is 0 Å². The van der Waals surface area contributed by atoms with Gasteiger partial charge in [0.2, 0.25) is 10.8 Å². The molecule has 0 radical (unpaired) electrons. The van der Waals surface area contributed by atoms with Gasteiger partial charge in [-0.2, -0.15) is 4.52 Å². The van der Waals surface area contributed by atoms with Crippen molar-refractivity contribution in [3.63, 3.8) is 0 Å². The van der Waals surface area contributed by atoms with Gasteiger partial charge in [-0.15, -0.1) is 5.10 Å². The summed E-state index contributed by atoms with van der Waals surface area (Å²) in [6.07, 6.45) is 0.734. The Kier molecular flexibility index (Phi) is 5.12. The fourth-order valence-corrected chi connectivity index (χ4v) is 5.08. The smallest absolute Gasteiger partial charge is 0.235 e. The molecular weight excluding hydrogens is 365 g/mol. The number of nitrogens with zero attached hydrogens (tertiary/aromatic N) is 3. The van der Waals surface area contributed by atoms with Crippen LogP contribution in [0, 0.1) is 5.82 Å². The minimum absolute atomic E-state index is 0.0393. The molecule has 1 fully saturated rings. The summed E-state index contributed by atoms with van der Waals surface area (Å²) >= 11 is 1.49. The number of piperazine rings is 1. The predicted molar refractivity (Wildman–Crippen MR) is 102 cm³/mol. The number of aryl methyl sites for hydroxylation is 1. The summed E-state index contributed by atoms with van der Waals surface area (Å²) in [4.78, 5) is 9.08. The number of likely N-dealkylation sites (N-methyl/N-ethyl adjacent to an activating group) is 1. The zero-order valence-electron chi connectivity index (χ0n) is 15.7. The molecule has 6 nitrogen and oxygen atoms in total. The van der Waals surface area contributed by atoms with E-state index in [-0.39, 0.29) is 17.7 Å². The lowest BCUT2D eigenvalue weighted by atomic mass is 10.0. The van der Waals surface area contributed by atoms with Gasteiger partial charge in [-0.25, -0.2) is 9.37 Å². The molecule has 3 N–H and O–H groups in total. The van der Waals surface area contributed by atoms with E-state index in [0.29, 0.717) is 4.96 Å². The highest BCUT2D eigenvalue weighted by Crippen LogP contribution is 2.35. The van der Waals surface area contributed by atoms with Crippen LogP contribution < -0.4 is 9.80 Å². The minimum atomic E-state index is -0.243. The maximum atomic E-state index is 13.5. The lowest BCUT2D eigenvalue weighted by molar-refractivity contribution is -1.02. The van der Waals surface area contributed by atoms with E-state index in [9.17, 15) is 9.50 Å². The molecule has 0 bridgehead atoms. The summed E-state index contributed by atoms with van der Waals surface area (Å²) in [7, 11) is 0. The van der Waals surface area contributed by atoms with Crippen molar-refractivity contribution < 1.29 is 19.3 Å². The van der Waals surface area contributed by atoms with E-state index in [1.807, 2.05) is 19.1 Å². The van der Waals surface area contributed by atoms with Crippen molar-refractivity contribution in [2.45, 2.75) is 26.3 Å². The number of halogens is 1. The highest BCUT2D eigenvalue weighted by molar-refractivity contribution is 7.17. The van der Waals surface area contributed by atoms with Gasteiger partial charge in [-0.1, -0.05) is 18.3 Å². The molecule has 4 rings (SSSR count). The van der Waals surface area contributed by atoms with Crippen molar-refractivity contribution in [1.82, 2.24) is 14.6 Å². The Morgan fingerprint density at radius 1 is 1.19 bits per heavy atom. The molecule has 1 aliphatic heterocycles. The van der Waals surface area contributed by atoms with Crippen LogP contribution in [0.4, 0.5) is 4.39 Å². The van der Waals surface area contributed by atoms with Gasteiger partial charge >= 0.3 is 0 Å². The van der Waals surface area contributed by atoms with Crippen LogP contribution in [0.5, 0.6) is 5.88 Å². The van der Waals surface area contributed by atoms with Crippen LogP contribution in [-0.2, 0) is 6.42 Å². The molecule has 3 heterocycles. The number of aromatic nitrogens is 3. The number of nitrogens with one attached hydrogen (secondary N) is 2. The minimum Gasteiger partial charge on any atom is -0.492 e. The molecule has 1 atom stereocenters. The molecule has 1 saturated heterocycles. The fraction of sp³-hybridized carbons (Fsp3) is 0.474. The van der Waals surface area contributed by atoms with E-state index in [0.717, 1.165) is 55.4 Å². The molecule has 0 saturated carbocycles. The maximum Gasteiger partial charge on any atom is 0.235 e. The van der Waals surface area contributed by atoms with Crippen LogP contribution in [-0.4, -0.2) is 52.4 Å². The first-order chi connectivity index (χ1) is 13.1. The summed E-state index contributed by atoms with van der Waals surface area (Å²) in [6, 6.07) is 6.62. The Morgan fingerprint density at radius 3 is 2.48 bits per heavy atom. The van der Waals surface area contributed by atoms with Crippen molar-refractivity contribution in [3.8, 4) is 5.88 Å². The van der Waals surface area contributed by atoms with E-state index >= 15 is 0 Å². The van der Waals surface area contributed by atoms with Crippen LogP contribution in [0.15, 0.2) is 24.3 Å². The van der Waals surface area contributed by atoms with Crippen molar-refractivity contribution >= 4 is 16.3 Å². The molecule has 0 unspecified atom stereocenters. The molecule has 8 heteroatoms. The van der Waals surface area contributed by atoms with Crippen molar-refractivity contribution in [2.24, 2.45) is 0 Å². The lowest BCUT2D eigenvalue weighted by Gasteiger charge is -2.34. The summed E-state index contributed by atoms with van der Waals surface area (Å²) in [5, 5.41) is 15.3. The SMILES string of the molecule is CCc1nc2sc([C@H](c3ccc(F)cc3)[NH+]3CC[NH+](CC)CC3)c(O)n2n1. The van der Waals surface area contributed by atoms with Gasteiger partial charge in [0.15, 0.2) is 11.9 Å². The Bertz CT molecular complexity index is 914. The second kappa shape index (κ2) is 7.53. The second-order valence-corrected chi connectivity index (χ2v) is 8.12. The molecule has 0 spiro atoms. The largest absolute Gasteiger partial charge is 0.492 e. The molecule has 2 aromatic heterocycles. The highest BCUT2D eigenvalue weighted by atomic mass is 32.1. The molecular formula is C19H26FN5OS+2. The number of thiazole rings is 1. The third-order valence-electron chi connectivity index (χ3n) is 5.53. The van der Waals surface area contributed by atoms with Crippen LogP contribution >= 0.6 is 11.3 Å². The zero-order chi connectivity index (χ0) is 19.0. The fourth-order valence-electron chi connectivity index (χ4n) is 3.92. The first kappa shape index (κ1) is 18.3. The Hall–Kier alpha value is -2.03. The van der Waals surface area contributed by atoms with Crippen molar-refractivity contribution in [3.05, 3.63) is 46.3 Å². The number of hydrogen-bond acceptors (Lipinski definition) is 4. The average molecular weight is 392 g/mol. The van der Waals surface area contributed by atoms with E-state index in [1.54, 1.807) is 9.42 Å². The maximum absolute atomic E-state index is 13.5. The van der Waals surface area contributed by atoms with Crippen LogP contribution in [0.3, 0.4) is 0 Å². The van der Waals surface area contributed by atoms with Gasteiger partial charge in [0.05, 0.1) is 6.54 Å². The zero-order valence-corrected chi connectivity index (χ0v) is 16.5. The summed E-state index contributed by atoms with van der Waals surface area (Å²) < 4.78 is 15.0. The predicted octanol–water partition coefficient (Wildman–Crippen LogP) is 0.0906. The summed E-state index contributed by atoms with van der Waals surface area (Å²) in [6.45, 7) is 9.58. The molecule has 0 aliphatic carbocycles. The first-order valence-corrected chi connectivity index (χ1v) is 10.4. The van der Waals surface area contributed by atoms with Crippen molar-refractivity contribution in [2.75, 3.05) is 32.7 Å². The van der Waals surface area contributed by atoms with E-state index in [4.69, 9.17) is 0 Å². The number of hydrogen-bond donors (Lipinski definition) is 3. The average Bonchev–Trinajstić information content (AvgIpc) is 3.23. The van der Waals surface area contributed by atoms with Gasteiger partial charge in [0.1, 0.15) is 36.9 Å². The van der Waals surface area contributed by atoms with Gasteiger partial charge in [0.25, 0.3) is 0 Å². The number of rotatable bonds is 5. The van der Waals surface area contributed by atoms with E-state index < -0.39 is 0 Å². The molecule has 27 heavy (non-hydrogen) atoms. The van der Waals surface area contributed by atoms with Gasteiger partial charge < -0.3 is 14.9 Å². The number of quaternary nitrogens is 2. The topological polar surface area (TPSA) is 59.3 Å². The lowest BCUT2D eigenvalue weighted by Crippen LogP contribution is -3.28. The van der Waals surface area contributed by atoms with E-state index in [2.05, 4.69) is 17.0 Å². The first-order valence-electron chi connectivity index (χ1n) is 9.61. The third kappa shape index (κ3) is 3.44. The Labute approximate surface area is 161 Å². The van der Waals surface area contributed by atoms with Crippen LogP contribution in [0.1, 0.15) is 36.2 Å². The summed E-state index contributed by atoms with van der Waals surface area (Å²) in [5.41, 5.74) is 1.02. The monoisotopic (exact) mass is 391 g/mol. The highest BCUT2D eigenvalue weighted by Gasteiger charge is 2.35. The summed E-state index contributed by atoms with van der Waals surface area (Å²) in [5.74, 6) is 0.649. The normalized spacial score (nSPS) is 21.6. The number of fused-ring (bicyclic) bond motifs is 1. The Morgan fingerprint density at radius 2 is 1.89 bits per heavy atom. The molecule has 1 aliphatic rings.